The van der Waals surface area contributed by atoms with Crippen LogP contribution in [-0.4, -0.2) is 40.0 Å². The first-order chi connectivity index (χ1) is 16.6. The highest BCUT2D eigenvalue weighted by Gasteiger charge is 2.26. The van der Waals surface area contributed by atoms with Crippen molar-refractivity contribution in [2.75, 3.05) is 25.5 Å². The number of likely N-dealkylation sites (tertiary alicyclic amines) is 1. The number of nitrogens with zero attached hydrogens (tertiary/aromatic N) is 4. The molecular weight excluding hydrogens is 445 g/mol. The number of hydrogen-bond acceptors (Lipinski definition) is 6. The Kier molecular flexibility index (Phi) is 6.65. The van der Waals surface area contributed by atoms with E-state index in [0.717, 1.165) is 47.1 Å². The molecule has 4 aromatic rings. The van der Waals surface area contributed by atoms with Crippen LogP contribution in [0.4, 0.5) is 10.3 Å². The topological polar surface area (TPSA) is 53.9 Å². The van der Waals surface area contributed by atoms with Crippen LogP contribution in [0.5, 0.6) is 0 Å². The Morgan fingerprint density at radius 2 is 1.74 bits per heavy atom. The highest BCUT2D eigenvalue weighted by atomic mass is 32.1. The number of benzene rings is 2. The van der Waals surface area contributed by atoms with E-state index in [1.807, 2.05) is 30.3 Å². The maximum absolute atomic E-state index is 14.8. The van der Waals surface area contributed by atoms with Gasteiger partial charge in [0.15, 0.2) is 0 Å². The second-order valence-electron chi connectivity index (χ2n) is 8.83. The standard InChI is InChI=1S/C27H28FN5S/c1-18(19-8-4-3-5-9-19)30-27-29-15-12-23(31-27)25-24(21-10-6-7-11-22(21)28)32-26(34-25)20-13-16-33(2)17-14-20/h3-12,15,18,20H,13-14,16-17H2,1-2H3,(H,29,30,31). The lowest BCUT2D eigenvalue weighted by Crippen LogP contribution is -2.29. The van der Waals surface area contributed by atoms with Gasteiger partial charge in [0.25, 0.3) is 0 Å². The Hall–Kier alpha value is -3.16. The fraction of sp³-hybridized carbons (Fsp3) is 0.296. The monoisotopic (exact) mass is 473 g/mol. The van der Waals surface area contributed by atoms with Crippen molar-refractivity contribution in [2.45, 2.75) is 31.7 Å². The summed E-state index contributed by atoms with van der Waals surface area (Å²) in [5.74, 6) is 0.662. The molecule has 1 saturated heterocycles. The fourth-order valence-corrected chi connectivity index (χ4v) is 5.57. The minimum Gasteiger partial charge on any atom is -0.348 e. The van der Waals surface area contributed by atoms with Crippen molar-refractivity contribution in [1.29, 1.82) is 0 Å². The van der Waals surface area contributed by atoms with Crippen LogP contribution in [0.25, 0.3) is 21.8 Å². The average Bonchev–Trinajstić information content (AvgIpc) is 3.31. The molecule has 1 N–H and O–H groups in total. The summed E-state index contributed by atoms with van der Waals surface area (Å²) < 4.78 is 14.8. The smallest absolute Gasteiger partial charge is 0.223 e. The molecule has 1 aliphatic rings. The SMILES string of the molecule is CC(Nc1nccc(-c2sc(C3CCN(C)CC3)nc2-c2ccccc2F)n1)c1ccccc1. The predicted octanol–water partition coefficient (Wildman–Crippen LogP) is 6.39. The Balaban J connectivity index is 1.51. The van der Waals surface area contributed by atoms with Crippen molar-refractivity contribution in [1.82, 2.24) is 19.9 Å². The average molecular weight is 474 g/mol. The van der Waals surface area contributed by atoms with Gasteiger partial charge in [-0.05, 0) is 63.7 Å². The molecule has 5 rings (SSSR count). The van der Waals surface area contributed by atoms with Gasteiger partial charge in [-0.25, -0.2) is 19.3 Å². The molecule has 1 fully saturated rings. The van der Waals surface area contributed by atoms with E-state index in [9.17, 15) is 4.39 Å². The minimum atomic E-state index is -0.269. The zero-order chi connectivity index (χ0) is 23.5. The molecule has 3 heterocycles. The van der Waals surface area contributed by atoms with Gasteiger partial charge in [-0.3, -0.25) is 0 Å². The molecular formula is C27H28FN5S. The molecule has 0 amide bonds. The second-order valence-corrected chi connectivity index (χ2v) is 9.86. The van der Waals surface area contributed by atoms with E-state index in [0.29, 0.717) is 23.1 Å². The van der Waals surface area contributed by atoms with Crippen molar-refractivity contribution in [3.05, 3.63) is 83.2 Å². The maximum Gasteiger partial charge on any atom is 0.223 e. The number of thiazole rings is 1. The molecule has 2 aromatic carbocycles. The van der Waals surface area contributed by atoms with Crippen molar-refractivity contribution in [2.24, 2.45) is 0 Å². The van der Waals surface area contributed by atoms with Crippen molar-refractivity contribution in [3.8, 4) is 21.8 Å². The van der Waals surface area contributed by atoms with Gasteiger partial charge in [-0.15, -0.1) is 11.3 Å². The third-order valence-electron chi connectivity index (χ3n) is 6.37. The van der Waals surface area contributed by atoms with Crippen LogP contribution in [0.1, 0.15) is 42.3 Å². The van der Waals surface area contributed by atoms with Crippen LogP contribution in [0.3, 0.4) is 0 Å². The summed E-state index contributed by atoms with van der Waals surface area (Å²) in [6.07, 6.45) is 3.87. The molecule has 0 aliphatic carbocycles. The van der Waals surface area contributed by atoms with E-state index in [1.165, 1.54) is 6.07 Å². The maximum atomic E-state index is 14.8. The Bertz CT molecular complexity index is 1250. The number of aromatic nitrogens is 3. The summed E-state index contributed by atoms with van der Waals surface area (Å²) in [5, 5.41) is 4.46. The Morgan fingerprint density at radius 1 is 1.00 bits per heavy atom. The first kappa shape index (κ1) is 22.6. The minimum absolute atomic E-state index is 0.0544. The lowest BCUT2D eigenvalue weighted by Gasteiger charge is -2.27. The van der Waals surface area contributed by atoms with E-state index in [4.69, 9.17) is 9.97 Å². The molecule has 2 aromatic heterocycles. The third kappa shape index (κ3) is 4.86. The van der Waals surface area contributed by atoms with E-state index in [1.54, 1.807) is 29.7 Å². The molecule has 0 spiro atoms. The highest BCUT2D eigenvalue weighted by molar-refractivity contribution is 7.15. The van der Waals surface area contributed by atoms with Crippen LogP contribution >= 0.6 is 11.3 Å². The van der Waals surface area contributed by atoms with Gasteiger partial charge in [0, 0.05) is 17.7 Å². The van der Waals surface area contributed by atoms with Gasteiger partial charge >= 0.3 is 0 Å². The molecule has 1 atom stereocenters. The van der Waals surface area contributed by atoms with Gasteiger partial charge in [-0.2, -0.15) is 0 Å². The molecule has 0 saturated carbocycles. The van der Waals surface area contributed by atoms with Crippen molar-refractivity contribution < 1.29 is 4.39 Å². The summed E-state index contributed by atoms with van der Waals surface area (Å²) in [4.78, 5) is 17.5. The van der Waals surface area contributed by atoms with E-state index in [-0.39, 0.29) is 11.9 Å². The van der Waals surface area contributed by atoms with Gasteiger partial charge in [0.2, 0.25) is 5.95 Å². The van der Waals surface area contributed by atoms with Gasteiger partial charge in [0.05, 0.1) is 27.3 Å². The zero-order valence-corrected chi connectivity index (χ0v) is 20.2. The van der Waals surface area contributed by atoms with Crippen LogP contribution in [0.15, 0.2) is 66.9 Å². The Labute approximate surface area is 203 Å². The van der Waals surface area contributed by atoms with E-state index in [2.05, 4.69) is 41.3 Å². The summed E-state index contributed by atoms with van der Waals surface area (Å²) in [7, 11) is 2.15. The second kappa shape index (κ2) is 9.99. The fourth-order valence-electron chi connectivity index (χ4n) is 4.35. The van der Waals surface area contributed by atoms with Crippen molar-refractivity contribution >= 4 is 17.3 Å². The van der Waals surface area contributed by atoms with Crippen LogP contribution in [0.2, 0.25) is 0 Å². The zero-order valence-electron chi connectivity index (χ0n) is 19.4. The number of rotatable bonds is 6. The van der Waals surface area contributed by atoms with Crippen LogP contribution < -0.4 is 5.32 Å². The van der Waals surface area contributed by atoms with Gasteiger partial charge < -0.3 is 10.2 Å². The summed E-state index contributed by atoms with van der Waals surface area (Å²) in [6, 6.07) is 19.0. The van der Waals surface area contributed by atoms with Crippen LogP contribution in [-0.2, 0) is 0 Å². The first-order valence-electron chi connectivity index (χ1n) is 11.7. The van der Waals surface area contributed by atoms with Gasteiger partial charge in [0.1, 0.15) is 5.82 Å². The molecule has 0 bridgehead atoms. The molecule has 1 aliphatic heterocycles. The Morgan fingerprint density at radius 3 is 2.50 bits per heavy atom. The quantitative estimate of drug-likeness (QED) is 0.352. The normalized spacial score (nSPS) is 15.9. The first-order valence-corrected chi connectivity index (χ1v) is 12.5. The number of anilines is 1. The van der Waals surface area contributed by atoms with Gasteiger partial charge in [-0.1, -0.05) is 42.5 Å². The lowest BCUT2D eigenvalue weighted by atomic mass is 9.98. The van der Waals surface area contributed by atoms with Crippen molar-refractivity contribution in [3.63, 3.8) is 0 Å². The number of piperidine rings is 1. The molecule has 34 heavy (non-hydrogen) atoms. The molecule has 7 heteroatoms. The molecule has 1 unspecified atom stereocenters. The number of hydrogen-bond donors (Lipinski definition) is 1. The largest absolute Gasteiger partial charge is 0.348 e. The van der Waals surface area contributed by atoms with E-state index < -0.39 is 0 Å². The summed E-state index contributed by atoms with van der Waals surface area (Å²) in [5.41, 5.74) is 3.09. The highest BCUT2D eigenvalue weighted by Crippen LogP contribution is 2.41. The molecule has 0 radical (unpaired) electrons. The third-order valence-corrected chi connectivity index (χ3v) is 7.61. The molecule has 5 nitrogen and oxygen atoms in total. The summed E-state index contributed by atoms with van der Waals surface area (Å²) >= 11 is 1.63. The number of nitrogens with one attached hydrogen (secondary N) is 1. The molecule has 174 valence electrons. The lowest BCUT2D eigenvalue weighted by molar-refractivity contribution is 0.255. The van der Waals surface area contributed by atoms with Crippen LogP contribution in [0, 0.1) is 5.82 Å². The summed E-state index contributed by atoms with van der Waals surface area (Å²) in [6.45, 7) is 4.18. The predicted molar refractivity (Wildman–Crippen MR) is 136 cm³/mol. The number of halogens is 1. The van der Waals surface area contributed by atoms with E-state index >= 15 is 0 Å².